The lowest BCUT2D eigenvalue weighted by molar-refractivity contribution is 0.425. The van der Waals surface area contributed by atoms with Gasteiger partial charge in [-0.3, -0.25) is 0 Å². The molecule has 0 atom stereocenters. The van der Waals surface area contributed by atoms with Crippen LogP contribution in [0.15, 0.2) is 24.3 Å². The summed E-state index contributed by atoms with van der Waals surface area (Å²) in [5.41, 5.74) is 1.70. The summed E-state index contributed by atoms with van der Waals surface area (Å²) in [5.74, 6) is 0. The quantitative estimate of drug-likeness (QED) is 0.620. The fourth-order valence-electron chi connectivity index (χ4n) is 1.17. The Kier molecular flexibility index (Phi) is 2.79. The van der Waals surface area contributed by atoms with Crippen LogP contribution in [0.4, 0.5) is 0 Å². The summed E-state index contributed by atoms with van der Waals surface area (Å²) in [6.45, 7) is 6.28. The van der Waals surface area contributed by atoms with Crippen LogP contribution in [-0.2, 0) is 5.41 Å². The molecule has 1 rings (SSSR count). The Bertz CT molecular complexity index is 289. The van der Waals surface area contributed by atoms with Crippen LogP contribution in [0.3, 0.4) is 0 Å². The molecule has 0 aliphatic rings. The minimum atomic E-state index is -1.37. The first-order chi connectivity index (χ1) is 5.91. The molecule has 0 aliphatic carbocycles. The summed E-state index contributed by atoms with van der Waals surface area (Å²) < 4.78 is 0. The first-order valence-corrected chi connectivity index (χ1v) is 4.38. The minimum Gasteiger partial charge on any atom is -0.423 e. The average molecular weight is 178 g/mol. The van der Waals surface area contributed by atoms with Crippen LogP contribution < -0.4 is 5.46 Å². The highest BCUT2D eigenvalue weighted by molar-refractivity contribution is 6.58. The van der Waals surface area contributed by atoms with Crippen molar-refractivity contribution in [3.63, 3.8) is 0 Å². The lowest BCUT2D eigenvalue weighted by Crippen LogP contribution is -2.31. The van der Waals surface area contributed by atoms with Crippen molar-refractivity contribution in [2.24, 2.45) is 0 Å². The van der Waals surface area contributed by atoms with E-state index in [1.807, 2.05) is 18.2 Å². The summed E-state index contributed by atoms with van der Waals surface area (Å²) in [6.07, 6.45) is 0. The van der Waals surface area contributed by atoms with Crippen molar-refractivity contribution in [1.29, 1.82) is 0 Å². The van der Waals surface area contributed by atoms with Gasteiger partial charge in [0.15, 0.2) is 0 Å². The second-order valence-electron chi connectivity index (χ2n) is 4.25. The van der Waals surface area contributed by atoms with Crippen molar-refractivity contribution in [3.05, 3.63) is 29.8 Å². The molecule has 2 N–H and O–H groups in total. The van der Waals surface area contributed by atoms with E-state index in [0.29, 0.717) is 5.46 Å². The predicted octanol–water partition coefficient (Wildman–Crippen LogP) is 0.664. The fourth-order valence-corrected chi connectivity index (χ4v) is 1.17. The van der Waals surface area contributed by atoms with Gasteiger partial charge in [-0.15, -0.1) is 0 Å². The van der Waals surface area contributed by atoms with Gasteiger partial charge in [0.2, 0.25) is 0 Å². The third-order valence-corrected chi connectivity index (χ3v) is 2.05. The zero-order valence-corrected chi connectivity index (χ0v) is 8.28. The van der Waals surface area contributed by atoms with Gasteiger partial charge in [0, 0.05) is 0 Å². The van der Waals surface area contributed by atoms with E-state index < -0.39 is 7.12 Å². The molecule has 0 radical (unpaired) electrons. The lowest BCUT2D eigenvalue weighted by Gasteiger charge is -2.19. The highest BCUT2D eigenvalue weighted by Crippen LogP contribution is 2.20. The van der Waals surface area contributed by atoms with Gasteiger partial charge in [-0.2, -0.15) is 0 Å². The first kappa shape index (κ1) is 10.3. The van der Waals surface area contributed by atoms with Crippen molar-refractivity contribution in [3.8, 4) is 0 Å². The van der Waals surface area contributed by atoms with Gasteiger partial charge in [0.25, 0.3) is 0 Å². The van der Waals surface area contributed by atoms with E-state index in [9.17, 15) is 0 Å². The van der Waals surface area contributed by atoms with E-state index in [0.717, 1.165) is 5.56 Å². The van der Waals surface area contributed by atoms with E-state index >= 15 is 0 Å². The molecule has 0 saturated heterocycles. The Hall–Kier alpha value is -0.795. The summed E-state index contributed by atoms with van der Waals surface area (Å²) in [5, 5.41) is 17.9. The Labute approximate surface area is 79.4 Å². The van der Waals surface area contributed by atoms with Crippen LogP contribution in [0.2, 0.25) is 0 Å². The van der Waals surface area contributed by atoms with Crippen LogP contribution in [0.1, 0.15) is 26.3 Å². The second-order valence-corrected chi connectivity index (χ2v) is 4.25. The van der Waals surface area contributed by atoms with Gasteiger partial charge in [-0.25, -0.2) is 0 Å². The van der Waals surface area contributed by atoms with Gasteiger partial charge in [-0.1, -0.05) is 45.0 Å². The number of rotatable bonds is 1. The van der Waals surface area contributed by atoms with Crippen LogP contribution in [0.5, 0.6) is 0 Å². The van der Waals surface area contributed by atoms with Crippen LogP contribution >= 0.6 is 0 Å². The van der Waals surface area contributed by atoms with Gasteiger partial charge in [-0.05, 0) is 16.4 Å². The fraction of sp³-hybridized carbons (Fsp3) is 0.400. The van der Waals surface area contributed by atoms with Crippen molar-refractivity contribution < 1.29 is 10.0 Å². The van der Waals surface area contributed by atoms with E-state index in [1.165, 1.54) is 0 Å². The van der Waals surface area contributed by atoms with E-state index in [2.05, 4.69) is 20.8 Å². The largest absolute Gasteiger partial charge is 0.488 e. The molecule has 0 fully saturated rings. The number of benzene rings is 1. The summed E-state index contributed by atoms with van der Waals surface area (Å²) in [7, 11) is -1.37. The average Bonchev–Trinajstić information content (AvgIpc) is 2.03. The maximum atomic E-state index is 8.97. The second kappa shape index (κ2) is 3.52. The zero-order chi connectivity index (χ0) is 10.1. The SMILES string of the molecule is CC(C)(C)c1cccc(B(O)O)c1. The maximum Gasteiger partial charge on any atom is 0.488 e. The summed E-state index contributed by atoms with van der Waals surface area (Å²) in [6, 6.07) is 7.37. The van der Waals surface area contributed by atoms with Gasteiger partial charge in [0.05, 0.1) is 0 Å². The predicted molar refractivity (Wildman–Crippen MR) is 55.0 cm³/mol. The zero-order valence-electron chi connectivity index (χ0n) is 8.28. The van der Waals surface area contributed by atoms with Crippen molar-refractivity contribution in [1.82, 2.24) is 0 Å². The van der Waals surface area contributed by atoms with Crippen LogP contribution in [-0.4, -0.2) is 17.2 Å². The third kappa shape index (κ3) is 2.57. The highest BCUT2D eigenvalue weighted by Gasteiger charge is 2.17. The minimum absolute atomic E-state index is 0.0465. The molecule has 3 heteroatoms. The van der Waals surface area contributed by atoms with Crippen LogP contribution in [0, 0.1) is 0 Å². The van der Waals surface area contributed by atoms with Crippen molar-refractivity contribution >= 4 is 12.6 Å². The van der Waals surface area contributed by atoms with Gasteiger partial charge < -0.3 is 10.0 Å². The standard InChI is InChI=1S/C10H15BO2/c1-10(2,3)8-5-4-6-9(7-8)11(12)13/h4-7,12-13H,1-3H3. The maximum absolute atomic E-state index is 8.97. The Morgan fingerprint density at radius 3 is 2.23 bits per heavy atom. The lowest BCUT2D eigenvalue weighted by atomic mass is 9.76. The molecule has 70 valence electrons. The molecule has 1 aromatic carbocycles. The smallest absolute Gasteiger partial charge is 0.423 e. The molecule has 2 nitrogen and oxygen atoms in total. The Morgan fingerprint density at radius 1 is 1.15 bits per heavy atom. The summed E-state index contributed by atoms with van der Waals surface area (Å²) >= 11 is 0. The van der Waals surface area contributed by atoms with Gasteiger partial charge >= 0.3 is 7.12 Å². The molecule has 0 amide bonds. The molecular formula is C10H15BO2. The monoisotopic (exact) mass is 178 g/mol. The molecule has 0 aliphatic heterocycles. The molecule has 0 unspecified atom stereocenters. The Morgan fingerprint density at radius 2 is 1.77 bits per heavy atom. The van der Waals surface area contributed by atoms with Crippen molar-refractivity contribution in [2.75, 3.05) is 0 Å². The highest BCUT2D eigenvalue weighted by atomic mass is 16.4. The topological polar surface area (TPSA) is 40.5 Å². The van der Waals surface area contributed by atoms with E-state index in [4.69, 9.17) is 10.0 Å². The third-order valence-electron chi connectivity index (χ3n) is 2.05. The van der Waals surface area contributed by atoms with Crippen molar-refractivity contribution in [2.45, 2.75) is 26.2 Å². The molecule has 0 bridgehead atoms. The number of hydrogen-bond donors (Lipinski definition) is 2. The molecule has 13 heavy (non-hydrogen) atoms. The van der Waals surface area contributed by atoms with E-state index in [-0.39, 0.29) is 5.41 Å². The number of hydrogen-bond acceptors (Lipinski definition) is 2. The molecule has 0 saturated carbocycles. The van der Waals surface area contributed by atoms with Crippen LogP contribution in [0.25, 0.3) is 0 Å². The molecule has 1 aromatic rings. The van der Waals surface area contributed by atoms with E-state index in [1.54, 1.807) is 6.07 Å². The molecule has 0 heterocycles. The normalized spacial score (nSPS) is 11.5. The first-order valence-electron chi connectivity index (χ1n) is 4.38. The Balaban J connectivity index is 3.06. The summed E-state index contributed by atoms with van der Waals surface area (Å²) in [4.78, 5) is 0. The molecular weight excluding hydrogens is 163 g/mol. The molecule has 0 aromatic heterocycles. The van der Waals surface area contributed by atoms with Gasteiger partial charge in [0.1, 0.15) is 0 Å². The molecule has 0 spiro atoms.